The molecule has 5 rings (SSSR count). The highest BCUT2D eigenvalue weighted by Crippen LogP contribution is 2.36. The minimum absolute atomic E-state index is 0.102. The van der Waals surface area contributed by atoms with E-state index >= 15 is 0 Å². The van der Waals surface area contributed by atoms with Crippen LogP contribution in [0.25, 0.3) is 33.4 Å². The number of fused-ring (bicyclic) bond motifs is 1. The number of pyridine rings is 2. The molecule has 0 saturated carbocycles. The van der Waals surface area contributed by atoms with Gasteiger partial charge >= 0.3 is 0 Å². The lowest BCUT2D eigenvalue weighted by Gasteiger charge is -2.24. The number of nitrogens with zero attached hydrogens (tertiary/aromatic N) is 4. The van der Waals surface area contributed by atoms with E-state index in [4.69, 9.17) is 15.1 Å². The van der Waals surface area contributed by atoms with Crippen molar-refractivity contribution in [3.8, 4) is 22.5 Å². The molecule has 0 aliphatic carbocycles. The summed E-state index contributed by atoms with van der Waals surface area (Å²) in [5.74, 6) is 1.14. The van der Waals surface area contributed by atoms with Crippen molar-refractivity contribution >= 4 is 26.7 Å². The monoisotopic (exact) mass is 510 g/mol. The first-order valence-electron chi connectivity index (χ1n) is 11.8. The zero-order valence-corrected chi connectivity index (χ0v) is 21.2. The van der Waals surface area contributed by atoms with Crippen molar-refractivity contribution < 1.29 is 8.42 Å². The molecule has 1 atom stereocenters. The Morgan fingerprint density at radius 2 is 1.65 bits per heavy atom. The van der Waals surface area contributed by atoms with Gasteiger partial charge in [0.15, 0.2) is 5.82 Å². The molecule has 8 nitrogen and oxygen atoms in total. The van der Waals surface area contributed by atoms with Crippen molar-refractivity contribution in [2.45, 2.75) is 24.8 Å². The van der Waals surface area contributed by atoms with Crippen LogP contribution in [0, 0.1) is 5.92 Å². The maximum Gasteiger partial charge on any atom is 0.239 e. The molecule has 0 bridgehead atoms. The predicted molar refractivity (Wildman–Crippen MR) is 145 cm³/mol. The second-order valence-electron chi connectivity index (χ2n) is 9.04. The zero-order valence-electron chi connectivity index (χ0n) is 20.4. The Balaban J connectivity index is 1.75. The maximum atomic E-state index is 12.0. The average molecular weight is 511 g/mol. The van der Waals surface area contributed by atoms with Crippen LogP contribution in [0.2, 0.25) is 0 Å². The summed E-state index contributed by atoms with van der Waals surface area (Å²) in [4.78, 5) is 18.2. The van der Waals surface area contributed by atoms with Crippen molar-refractivity contribution in [3.63, 3.8) is 0 Å². The average Bonchev–Trinajstić information content (AvgIpc) is 2.91. The molecular formula is C28H26N6O2S. The van der Waals surface area contributed by atoms with Gasteiger partial charge in [-0.15, -0.1) is 0 Å². The summed E-state index contributed by atoms with van der Waals surface area (Å²) in [7, 11) is -3.94. The van der Waals surface area contributed by atoms with Crippen molar-refractivity contribution in [2.24, 2.45) is 11.1 Å². The Labute approximate surface area is 215 Å². The number of hydrogen-bond acceptors (Lipinski definition) is 7. The maximum absolute atomic E-state index is 12.0. The Morgan fingerprint density at radius 1 is 0.865 bits per heavy atom. The van der Waals surface area contributed by atoms with Crippen LogP contribution in [0.1, 0.15) is 25.6 Å². The molecular weight excluding hydrogens is 484 g/mol. The molecule has 3 N–H and O–H groups in total. The van der Waals surface area contributed by atoms with Gasteiger partial charge in [-0.25, -0.2) is 23.5 Å². The largest absolute Gasteiger partial charge is 0.361 e. The van der Waals surface area contributed by atoms with Gasteiger partial charge in [0.05, 0.1) is 22.6 Å². The number of rotatable bonds is 7. The van der Waals surface area contributed by atoms with Gasteiger partial charge in [0.25, 0.3) is 0 Å². The van der Waals surface area contributed by atoms with E-state index in [9.17, 15) is 8.42 Å². The quantitative estimate of drug-likeness (QED) is 0.308. The van der Waals surface area contributed by atoms with E-state index in [0.717, 1.165) is 22.2 Å². The Morgan fingerprint density at radius 3 is 2.35 bits per heavy atom. The molecule has 0 fully saturated rings. The number of primary sulfonamides is 1. The molecule has 3 heterocycles. The van der Waals surface area contributed by atoms with Gasteiger partial charge in [0, 0.05) is 24.2 Å². The van der Waals surface area contributed by atoms with Gasteiger partial charge in [-0.3, -0.25) is 9.97 Å². The number of sulfonamides is 1. The van der Waals surface area contributed by atoms with Crippen LogP contribution in [0.5, 0.6) is 0 Å². The molecule has 1 unspecified atom stereocenters. The SMILES string of the molecule is CC(C)C(Nc1nc(-c2cncc(S(N)(=O)=O)c2)nc2cccc(-c3ccccc3)c12)c1ccccn1. The molecule has 0 radical (unpaired) electrons. The lowest BCUT2D eigenvalue weighted by atomic mass is 9.98. The third-order valence-electron chi connectivity index (χ3n) is 6.07. The fraction of sp³-hybridized carbons (Fsp3) is 0.143. The molecule has 9 heteroatoms. The van der Waals surface area contributed by atoms with Crippen molar-refractivity contribution in [1.29, 1.82) is 0 Å². The van der Waals surface area contributed by atoms with E-state index in [-0.39, 0.29) is 16.9 Å². The first-order valence-corrected chi connectivity index (χ1v) is 13.4. The van der Waals surface area contributed by atoms with Crippen LogP contribution in [-0.4, -0.2) is 28.4 Å². The van der Waals surface area contributed by atoms with Gasteiger partial charge in [-0.2, -0.15) is 0 Å². The number of benzene rings is 2. The molecule has 0 aliphatic heterocycles. The fourth-order valence-corrected chi connectivity index (χ4v) is 4.76. The van der Waals surface area contributed by atoms with Gasteiger partial charge in [0.1, 0.15) is 10.7 Å². The lowest BCUT2D eigenvalue weighted by Crippen LogP contribution is -2.19. The minimum Gasteiger partial charge on any atom is -0.361 e. The summed E-state index contributed by atoms with van der Waals surface area (Å²) < 4.78 is 23.9. The third-order valence-corrected chi connectivity index (χ3v) is 6.95. The van der Waals surface area contributed by atoms with E-state index in [2.05, 4.69) is 29.1 Å². The van der Waals surface area contributed by atoms with E-state index in [1.54, 1.807) is 6.20 Å². The first kappa shape index (κ1) is 24.5. The highest BCUT2D eigenvalue weighted by Gasteiger charge is 2.22. The zero-order chi connectivity index (χ0) is 26.0. The van der Waals surface area contributed by atoms with Crippen molar-refractivity contribution in [3.05, 3.63) is 97.1 Å². The normalized spacial score (nSPS) is 12.5. The standard InChI is InChI=1S/C28H26N6O2S/c1-18(2)26(24-12-6-7-14-31-24)33-28-25-22(19-9-4-3-5-10-19)11-8-13-23(25)32-27(34-28)20-15-21(17-30-16-20)37(29,35)36/h3-18,26H,1-2H3,(H2,29,35,36)(H,32,33,34). The molecule has 5 aromatic rings. The molecule has 0 saturated heterocycles. The van der Waals surface area contributed by atoms with Crippen LogP contribution in [0.4, 0.5) is 5.82 Å². The second kappa shape index (κ2) is 10.0. The lowest BCUT2D eigenvalue weighted by molar-refractivity contribution is 0.534. The highest BCUT2D eigenvalue weighted by molar-refractivity contribution is 7.89. The first-order chi connectivity index (χ1) is 17.8. The third kappa shape index (κ3) is 5.18. The topological polar surface area (TPSA) is 124 Å². The van der Waals surface area contributed by atoms with Gasteiger partial charge in [-0.05, 0) is 41.3 Å². The van der Waals surface area contributed by atoms with E-state index in [1.807, 2.05) is 66.7 Å². The van der Waals surface area contributed by atoms with Crippen LogP contribution in [0.15, 0.2) is 96.3 Å². The van der Waals surface area contributed by atoms with E-state index < -0.39 is 10.0 Å². The Hall–Kier alpha value is -4.21. The van der Waals surface area contributed by atoms with Crippen molar-refractivity contribution in [1.82, 2.24) is 19.9 Å². The van der Waals surface area contributed by atoms with Crippen LogP contribution in [-0.2, 0) is 10.0 Å². The summed E-state index contributed by atoms with van der Waals surface area (Å²) >= 11 is 0. The van der Waals surface area contributed by atoms with E-state index in [1.165, 1.54) is 18.5 Å². The van der Waals surface area contributed by atoms with Crippen molar-refractivity contribution in [2.75, 3.05) is 5.32 Å². The summed E-state index contributed by atoms with van der Waals surface area (Å²) in [5.41, 5.74) is 4.05. The number of nitrogens with two attached hydrogens (primary N) is 1. The summed E-state index contributed by atoms with van der Waals surface area (Å²) in [6.45, 7) is 4.24. The number of hydrogen-bond donors (Lipinski definition) is 2. The smallest absolute Gasteiger partial charge is 0.239 e. The van der Waals surface area contributed by atoms with Crippen LogP contribution >= 0.6 is 0 Å². The molecule has 2 aromatic carbocycles. The minimum atomic E-state index is -3.94. The Kier molecular flexibility index (Phi) is 6.64. The highest BCUT2D eigenvalue weighted by atomic mass is 32.2. The predicted octanol–water partition coefficient (Wildman–Crippen LogP) is 5.21. The van der Waals surface area contributed by atoms with Crippen LogP contribution < -0.4 is 10.5 Å². The molecule has 0 spiro atoms. The molecule has 0 amide bonds. The van der Waals surface area contributed by atoms with Gasteiger partial charge in [0.2, 0.25) is 10.0 Å². The van der Waals surface area contributed by atoms with Gasteiger partial charge in [-0.1, -0.05) is 62.4 Å². The molecule has 0 aliphatic rings. The van der Waals surface area contributed by atoms with Crippen LogP contribution in [0.3, 0.4) is 0 Å². The number of anilines is 1. The summed E-state index contributed by atoms with van der Waals surface area (Å²) in [5, 5.41) is 9.83. The number of aromatic nitrogens is 4. The summed E-state index contributed by atoms with van der Waals surface area (Å²) in [6, 6.07) is 23.1. The van der Waals surface area contributed by atoms with E-state index in [0.29, 0.717) is 22.7 Å². The number of nitrogens with one attached hydrogen (secondary N) is 1. The molecule has 186 valence electrons. The van der Waals surface area contributed by atoms with Gasteiger partial charge < -0.3 is 5.32 Å². The summed E-state index contributed by atoms with van der Waals surface area (Å²) in [6.07, 6.45) is 4.51. The molecule has 37 heavy (non-hydrogen) atoms. The Bertz CT molecular complexity index is 1660. The second-order valence-corrected chi connectivity index (χ2v) is 10.6. The molecule has 3 aromatic heterocycles. The fourth-order valence-electron chi connectivity index (χ4n) is 4.26.